The number of hydrogen-bond donors (Lipinski definition) is 0. The first-order chi connectivity index (χ1) is 13.7. The highest BCUT2D eigenvalue weighted by Gasteiger charge is 2.31. The van der Waals surface area contributed by atoms with Gasteiger partial charge in [0.1, 0.15) is 6.61 Å². The Morgan fingerprint density at radius 3 is 2.24 bits per heavy atom. The van der Waals surface area contributed by atoms with Crippen molar-refractivity contribution in [3.63, 3.8) is 0 Å². The minimum atomic E-state index is 0.282. The topological polar surface area (TPSA) is 12.5 Å². The summed E-state index contributed by atoms with van der Waals surface area (Å²) in [6.07, 6.45) is 15.4. The lowest BCUT2D eigenvalue weighted by Gasteiger charge is -2.41. The highest BCUT2D eigenvalue weighted by molar-refractivity contribution is 5.25. The number of allylic oxidation sites excluding steroid dienone is 4. The molecule has 2 nitrogen and oxygen atoms in total. The van der Waals surface area contributed by atoms with Gasteiger partial charge >= 0.3 is 0 Å². The van der Waals surface area contributed by atoms with Gasteiger partial charge in [0.15, 0.2) is 0 Å². The number of rotatable bonds is 6. The van der Waals surface area contributed by atoms with E-state index in [0.29, 0.717) is 5.41 Å². The summed E-state index contributed by atoms with van der Waals surface area (Å²) in [6.45, 7) is 20.4. The molecule has 1 saturated heterocycles. The van der Waals surface area contributed by atoms with E-state index in [1.807, 2.05) is 13.8 Å². The average molecular weight is 404 g/mol. The fourth-order valence-electron chi connectivity index (χ4n) is 5.93. The predicted octanol–water partition coefficient (Wildman–Crippen LogP) is 7.61. The molecule has 168 valence electrons. The van der Waals surface area contributed by atoms with Crippen LogP contribution in [0.15, 0.2) is 23.5 Å². The molecule has 3 aliphatic rings. The molecule has 3 rings (SSSR count). The molecule has 0 bridgehead atoms. The molecule has 2 aliphatic carbocycles. The van der Waals surface area contributed by atoms with Crippen LogP contribution in [0.5, 0.6) is 0 Å². The fraction of sp³-hybridized carbons (Fsp3) is 0.852. The first kappa shape index (κ1) is 24.5. The summed E-state index contributed by atoms with van der Waals surface area (Å²) >= 11 is 0. The maximum absolute atomic E-state index is 6.16. The van der Waals surface area contributed by atoms with Crippen LogP contribution in [-0.4, -0.2) is 31.1 Å². The summed E-state index contributed by atoms with van der Waals surface area (Å²) in [5.74, 6) is 3.19. The Labute approximate surface area is 182 Å². The van der Waals surface area contributed by atoms with Crippen LogP contribution in [0.1, 0.15) is 99.8 Å². The second-order valence-electron chi connectivity index (χ2n) is 11.2. The summed E-state index contributed by atoms with van der Waals surface area (Å²) < 4.78 is 6.16. The van der Waals surface area contributed by atoms with E-state index in [-0.39, 0.29) is 5.41 Å². The van der Waals surface area contributed by atoms with Gasteiger partial charge in [-0.1, -0.05) is 79.4 Å². The van der Waals surface area contributed by atoms with Crippen LogP contribution in [-0.2, 0) is 4.74 Å². The van der Waals surface area contributed by atoms with Crippen molar-refractivity contribution in [2.75, 3.05) is 26.2 Å². The molecule has 0 N–H and O–H groups in total. The average Bonchev–Trinajstić information content (AvgIpc) is 2.68. The molecule has 2 unspecified atom stereocenters. The number of hydrogen-bond acceptors (Lipinski definition) is 2. The lowest BCUT2D eigenvalue weighted by molar-refractivity contribution is 0.0659. The highest BCUT2D eigenvalue weighted by Crippen LogP contribution is 2.42. The normalized spacial score (nSPS) is 25.9. The predicted molar refractivity (Wildman–Crippen MR) is 127 cm³/mol. The van der Waals surface area contributed by atoms with Crippen LogP contribution in [0, 0.1) is 22.7 Å². The second-order valence-corrected chi connectivity index (χ2v) is 11.2. The monoisotopic (exact) mass is 403 g/mol. The zero-order chi connectivity index (χ0) is 21.5. The van der Waals surface area contributed by atoms with Gasteiger partial charge in [-0.3, -0.25) is 4.90 Å². The van der Waals surface area contributed by atoms with Crippen LogP contribution in [0.25, 0.3) is 0 Å². The summed E-state index contributed by atoms with van der Waals surface area (Å²) in [6, 6.07) is 0. The zero-order valence-electron chi connectivity index (χ0n) is 20.7. The van der Waals surface area contributed by atoms with Gasteiger partial charge in [0.2, 0.25) is 0 Å². The van der Waals surface area contributed by atoms with Crippen LogP contribution in [0.4, 0.5) is 0 Å². The van der Waals surface area contributed by atoms with Gasteiger partial charge in [-0.2, -0.15) is 0 Å². The van der Waals surface area contributed by atoms with E-state index in [1.54, 1.807) is 5.57 Å². The van der Waals surface area contributed by atoms with Crippen molar-refractivity contribution >= 4 is 0 Å². The molecule has 0 aromatic heterocycles. The van der Waals surface area contributed by atoms with Gasteiger partial charge in [0.25, 0.3) is 0 Å². The molecule has 1 aliphatic heterocycles. The van der Waals surface area contributed by atoms with E-state index < -0.39 is 0 Å². The molecule has 0 amide bonds. The van der Waals surface area contributed by atoms with Crippen molar-refractivity contribution in [3.05, 3.63) is 23.5 Å². The first-order valence-corrected chi connectivity index (χ1v) is 12.5. The molecule has 0 radical (unpaired) electrons. The summed E-state index contributed by atoms with van der Waals surface area (Å²) in [5, 5.41) is 0. The standard InChI is InChI=1S/C25H43NO.C2H6/c1-24(2,3)19-25(4,5)22-10-12-23(13-11-22)27-17-16-26-15-14-20-8-6-7-9-21(20)18-26;1-2/h10,12,20-21H,6-9,11,13-19H2,1-5H3;1-2H3. The van der Waals surface area contributed by atoms with Crippen LogP contribution in [0.2, 0.25) is 0 Å². The molecule has 1 heterocycles. The second kappa shape index (κ2) is 11.0. The first-order valence-electron chi connectivity index (χ1n) is 12.5. The number of ether oxygens (including phenoxy) is 1. The van der Waals surface area contributed by atoms with Crippen molar-refractivity contribution in [2.45, 2.75) is 99.8 Å². The zero-order valence-corrected chi connectivity index (χ0v) is 20.7. The molecule has 2 heteroatoms. The van der Waals surface area contributed by atoms with E-state index >= 15 is 0 Å². The van der Waals surface area contributed by atoms with Crippen molar-refractivity contribution < 1.29 is 4.74 Å². The minimum Gasteiger partial charge on any atom is -0.497 e. The molecule has 2 fully saturated rings. The molecule has 29 heavy (non-hydrogen) atoms. The minimum absolute atomic E-state index is 0.282. The van der Waals surface area contributed by atoms with Gasteiger partial charge in [0.05, 0.1) is 5.76 Å². The lowest BCUT2D eigenvalue weighted by atomic mass is 9.70. The van der Waals surface area contributed by atoms with E-state index in [4.69, 9.17) is 4.74 Å². The van der Waals surface area contributed by atoms with Gasteiger partial charge < -0.3 is 4.74 Å². The van der Waals surface area contributed by atoms with E-state index in [1.165, 1.54) is 57.4 Å². The Morgan fingerprint density at radius 2 is 1.62 bits per heavy atom. The van der Waals surface area contributed by atoms with Crippen LogP contribution >= 0.6 is 0 Å². The molecule has 1 saturated carbocycles. The van der Waals surface area contributed by atoms with Crippen LogP contribution < -0.4 is 0 Å². The Morgan fingerprint density at radius 1 is 0.931 bits per heavy atom. The summed E-state index contributed by atoms with van der Waals surface area (Å²) in [4.78, 5) is 2.66. The van der Waals surface area contributed by atoms with E-state index in [2.05, 4.69) is 51.7 Å². The summed E-state index contributed by atoms with van der Waals surface area (Å²) in [5.41, 5.74) is 2.24. The quantitative estimate of drug-likeness (QED) is 0.452. The molecular formula is C27H49NO. The van der Waals surface area contributed by atoms with Crippen molar-refractivity contribution in [1.82, 2.24) is 4.90 Å². The summed E-state index contributed by atoms with van der Waals surface area (Å²) in [7, 11) is 0. The smallest absolute Gasteiger partial charge is 0.100 e. The molecule has 2 atom stereocenters. The van der Waals surface area contributed by atoms with Crippen molar-refractivity contribution in [3.8, 4) is 0 Å². The van der Waals surface area contributed by atoms with Crippen molar-refractivity contribution in [2.24, 2.45) is 22.7 Å². The van der Waals surface area contributed by atoms with Gasteiger partial charge in [-0.05, 0) is 61.0 Å². The number of likely N-dealkylation sites (tertiary alicyclic amines) is 1. The van der Waals surface area contributed by atoms with E-state index in [0.717, 1.165) is 37.8 Å². The molecule has 0 aromatic carbocycles. The Kier molecular flexibility index (Phi) is 9.32. The lowest BCUT2D eigenvalue weighted by Crippen LogP contribution is -2.43. The van der Waals surface area contributed by atoms with Crippen LogP contribution in [0.3, 0.4) is 0 Å². The number of nitrogens with zero attached hydrogens (tertiary/aromatic N) is 1. The maximum atomic E-state index is 6.16. The fourth-order valence-corrected chi connectivity index (χ4v) is 5.93. The Hall–Kier alpha value is -0.760. The third kappa shape index (κ3) is 7.78. The van der Waals surface area contributed by atoms with Gasteiger partial charge in [-0.25, -0.2) is 0 Å². The molecule has 0 aromatic rings. The maximum Gasteiger partial charge on any atom is 0.100 e. The number of piperidine rings is 1. The molecular weight excluding hydrogens is 354 g/mol. The third-order valence-electron chi connectivity index (χ3n) is 7.02. The van der Waals surface area contributed by atoms with E-state index in [9.17, 15) is 0 Å². The molecule has 0 spiro atoms. The largest absolute Gasteiger partial charge is 0.497 e. The van der Waals surface area contributed by atoms with Gasteiger partial charge in [-0.15, -0.1) is 0 Å². The van der Waals surface area contributed by atoms with Crippen molar-refractivity contribution in [1.29, 1.82) is 0 Å². The Balaban J connectivity index is 0.00000145. The Bertz CT molecular complexity index is 551. The van der Waals surface area contributed by atoms with Gasteiger partial charge in [0, 0.05) is 19.5 Å². The highest BCUT2D eigenvalue weighted by atomic mass is 16.5. The SMILES string of the molecule is CC.CC(C)(C)CC(C)(C)C1=CC=C(OCCN2CCC3CCCCC3C2)CC1. The number of fused-ring (bicyclic) bond motifs is 1. The third-order valence-corrected chi connectivity index (χ3v) is 7.02.